The van der Waals surface area contributed by atoms with E-state index in [0.29, 0.717) is 11.3 Å². The summed E-state index contributed by atoms with van der Waals surface area (Å²) in [6.07, 6.45) is 5.42. The summed E-state index contributed by atoms with van der Waals surface area (Å²) in [5, 5.41) is 12.0. The van der Waals surface area contributed by atoms with Crippen molar-refractivity contribution in [2.45, 2.75) is 45.1 Å². The van der Waals surface area contributed by atoms with E-state index in [9.17, 15) is 14.9 Å². The molecule has 1 unspecified atom stereocenters. The molecule has 0 aliphatic heterocycles. The van der Waals surface area contributed by atoms with Gasteiger partial charge in [-0.05, 0) is 37.8 Å². The number of hydrogen-bond donors (Lipinski definition) is 1. The van der Waals surface area contributed by atoms with E-state index in [0.717, 1.165) is 25.7 Å². The molecular weight excluding hydrogens is 292 g/mol. The first-order valence-corrected chi connectivity index (χ1v) is 8.03. The van der Waals surface area contributed by atoms with E-state index < -0.39 is 6.04 Å². The summed E-state index contributed by atoms with van der Waals surface area (Å²) in [5.41, 5.74) is 0.542. The van der Waals surface area contributed by atoms with E-state index in [4.69, 9.17) is 4.74 Å². The van der Waals surface area contributed by atoms with Gasteiger partial charge in [0.1, 0.15) is 11.8 Å². The number of carbonyl (C=O) groups is 2. The zero-order valence-corrected chi connectivity index (χ0v) is 13.4. The van der Waals surface area contributed by atoms with Gasteiger partial charge in [-0.25, -0.2) is 0 Å². The summed E-state index contributed by atoms with van der Waals surface area (Å²) in [6.45, 7) is 1.32. The molecule has 1 aromatic carbocycles. The summed E-state index contributed by atoms with van der Waals surface area (Å²) in [7, 11) is 0. The summed E-state index contributed by atoms with van der Waals surface area (Å²) in [4.78, 5) is 23.3. The Bertz CT molecular complexity index is 601. The van der Waals surface area contributed by atoms with Crippen LogP contribution in [0.3, 0.4) is 0 Å². The van der Waals surface area contributed by atoms with Crippen LogP contribution >= 0.6 is 0 Å². The Kier molecular flexibility index (Phi) is 6.16. The number of nitrogens with one attached hydrogen (secondary N) is 1. The van der Waals surface area contributed by atoms with Crippen LogP contribution in [0.4, 0.5) is 0 Å². The van der Waals surface area contributed by atoms with Crippen molar-refractivity contribution in [2.24, 2.45) is 5.92 Å². The largest absolute Gasteiger partial charge is 0.484 e. The minimum absolute atomic E-state index is 0.0539. The molecular formula is C18H22N2O3. The molecule has 1 aliphatic rings. The predicted octanol–water partition coefficient (Wildman–Crippen LogP) is 2.86. The smallest absolute Gasteiger partial charge is 0.258 e. The molecule has 0 spiro atoms. The van der Waals surface area contributed by atoms with Crippen LogP contribution in [0.25, 0.3) is 0 Å². The van der Waals surface area contributed by atoms with Gasteiger partial charge in [0.25, 0.3) is 5.91 Å². The fourth-order valence-corrected chi connectivity index (χ4v) is 2.89. The summed E-state index contributed by atoms with van der Waals surface area (Å²) in [5.74, 6) is 0.342. The Balaban J connectivity index is 1.85. The van der Waals surface area contributed by atoms with Crippen molar-refractivity contribution in [3.63, 3.8) is 0 Å². The first-order chi connectivity index (χ1) is 11.1. The number of hydrogen-bond acceptors (Lipinski definition) is 4. The lowest BCUT2D eigenvalue weighted by Gasteiger charge is -2.26. The van der Waals surface area contributed by atoms with Gasteiger partial charge in [0, 0.05) is 5.56 Å². The topological polar surface area (TPSA) is 79.2 Å². The first-order valence-electron chi connectivity index (χ1n) is 8.03. The molecule has 23 heavy (non-hydrogen) atoms. The first kappa shape index (κ1) is 17.0. The lowest BCUT2D eigenvalue weighted by atomic mass is 9.84. The fourth-order valence-electron chi connectivity index (χ4n) is 2.89. The molecule has 1 fully saturated rings. The Morgan fingerprint density at radius 2 is 2.09 bits per heavy atom. The number of Topliss-reactive ketones (excluding diaryl/α,β-unsaturated/α-hetero) is 1. The van der Waals surface area contributed by atoms with Crippen LogP contribution in [0.15, 0.2) is 24.3 Å². The third kappa shape index (κ3) is 5.10. The quantitative estimate of drug-likeness (QED) is 0.819. The van der Waals surface area contributed by atoms with Crippen LogP contribution < -0.4 is 10.1 Å². The minimum atomic E-state index is -0.449. The third-order valence-corrected chi connectivity index (χ3v) is 4.19. The maximum absolute atomic E-state index is 12.0. The molecule has 0 saturated heterocycles. The van der Waals surface area contributed by atoms with Crippen molar-refractivity contribution in [1.82, 2.24) is 5.32 Å². The van der Waals surface area contributed by atoms with Crippen LogP contribution in [0, 0.1) is 17.2 Å². The molecule has 0 radical (unpaired) electrons. The molecule has 5 nitrogen and oxygen atoms in total. The fraction of sp³-hybridized carbons (Fsp3) is 0.500. The van der Waals surface area contributed by atoms with Gasteiger partial charge in [0.05, 0.1) is 6.07 Å². The lowest BCUT2D eigenvalue weighted by molar-refractivity contribution is -0.123. The van der Waals surface area contributed by atoms with Crippen molar-refractivity contribution in [1.29, 1.82) is 5.26 Å². The van der Waals surface area contributed by atoms with Crippen LogP contribution in [-0.2, 0) is 4.79 Å². The van der Waals surface area contributed by atoms with E-state index in [1.54, 1.807) is 24.3 Å². The van der Waals surface area contributed by atoms with Crippen molar-refractivity contribution >= 4 is 11.7 Å². The second-order valence-corrected chi connectivity index (χ2v) is 5.95. The van der Waals surface area contributed by atoms with Gasteiger partial charge in [-0.3, -0.25) is 9.59 Å². The van der Waals surface area contributed by atoms with E-state index in [2.05, 4.69) is 11.4 Å². The van der Waals surface area contributed by atoms with Gasteiger partial charge in [-0.1, -0.05) is 31.4 Å². The second kappa shape index (κ2) is 8.33. The molecule has 0 bridgehead atoms. The monoisotopic (exact) mass is 314 g/mol. The molecule has 1 amide bonds. The van der Waals surface area contributed by atoms with Gasteiger partial charge >= 0.3 is 0 Å². The Hall–Kier alpha value is -2.35. The number of ether oxygens (including phenoxy) is 1. The van der Waals surface area contributed by atoms with Crippen LogP contribution in [-0.4, -0.2) is 24.3 Å². The highest BCUT2D eigenvalue weighted by Crippen LogP contribution is 2.26. The van der Waals surface area contributed by atoms with Gasteiger partial charge in [-0.15, -0.1) is 0 Å². The molecule has 1 aromatic rings. The average Bonchev–Trinajstić information content (AvgIpc) is 2.59. The SMILES string of the molecule is CC(=O)c1cccc(OCC(=O)NC(C#N)C2CCCCC2)c1. The Morgan fingerprint density at radius 1 is 1.35 bits per heavy atom. The molecule has 2 rings (SSSR count). The minimum Gasteiger partial charge on any atom is -0.484 e. The van der Waals surface area contributed by atoms with Crippen molar-refractivity contribution in [3.05, 3.63) is 29.8 Å². The summed E-state index contributed by atoms with van der Waals surface area (Å²) >= 11 is 0. The van der Waals surface area contributed by atoms with E-state index in [1.807, 2.05) is 0 Å². The van der Waals surface area contributed by atoms with Crippen molar-refractivity contribution in [2.75, 3.05) is 6.61 Å². The molecule has 1 atom stereocenters. The Labute approximate surface area is 136 Å². The molecule has 0 heterocycles. The zero-order valence-electron chi connectivity index (χ0n) is 13.4. The average molecular weight is 314 g/mol. The van der Waals surface area contributed by atoms with Crippen molar-refractivity contribution in [3.8, 4) is 11.8 Å². The highest BCUT2D eigenvalue weighted by Gasteiger charge is 2.24. The molecule has 1 aliphatic carbocycles. The molecule has 5 heteroatoms. The zero-order chi connectivity index (χ0) is 16.7. The number of nitriles is 1. The van der Waals surface area contributed by atoms with Crippen LogP contribution in [0.1, 0.15) is 49.4 Å². The number of amides is 1. The predicted molar refractivity (Wildman–Crippen MR) is 86.1 cm³/mol. The van der Waals surface area contributed by atoms with Crippen molar-refractivity contribution < 1.29 is 14.3 Å². The Morgan fingerprint density at radius 3 is 2.74 bits per heavy atom. The van der Waals surface area contributed by atoms with E-state index >= 15 is 0 Å². The van der Waals surface area contributed by atoms with Gasteiger partial charge in [-0.2, -0.15) is 5.26 Å². The highest BCUT2D eigenvalue weighted by molar-refractivity contribution is 5.94. The number of benzene rings is 1. The normalized spacial score (nSPS) is 16.2. The van der Waals surface area contributed by atoms with E-state index in [-0.39, 0.29) is 24.2 Å². The molecule has 1 N–H and O–H groups in total. The lowest BCUT2D eigenvalue weighted by Crippen LogP contribution is -2.42. The van der Waals surface area contributed by atoms with Gasteiger partial charge < -0.3 is 10.1 Å². The third-order valence-electron chi connectivity index (χ3n) is 4.19. The summed E-state index contributed by atoms with van der Waals surface area (Å²) < 4.78 is 5.42. The maximum Gasteiger partial charge on any atom is 0.258 e. The number of ketones is 1. The summed E-state index contributed by atoms with van der Waals surface area (Å²) in [6, 6.07) is 8.46. The standard InChI is InChI=1S/C18H22N2O3/c1-13(21)15-8-5-9-16(10-15)23-12-18(22)20-17(11-19)14-6-3-2-4-7-14/h5,8-10,14,17H,2-4,6-7,12H2,1H3,(H,20,22). The van der Waals surface area contributed by atoms with E-state index in [1.165, 1.54) is 13.3 Å². The number of rotatable bonds is 6. The maximum atomic E-state index is 12.0. The van der Waals surface area contributed by atoms with Gasteiger partial charge in [0.15, 0.2) is 12.4 Å². The van der Waals surface area contributed by atoms with Crippen LogP contribution in [0.2, 0.25) is 0 Å². The molecule has 0 aromatic heterocycles. The molecule has 1 saturated carbocycles. The van der Waals surface area contributed by atoms with Crippen LogP contribution in [0.5, 0.6) is 5.75 Å². The molecule has 122 valence electrons. The van der Waals surface area contributed by atoms with Gasteiger partial charge in [0.2, 0.25) is 0 Å². The second-order valence-electron chi connectivity index (χ2n) is 5.95. The number of nitrogens with zero attached hydrogens (tertiary/aromatic N) is 1. The highest BCUT2D eigenvalue weighted by atomic mass is 16.5. The number of carbonyl (C=O) groups excluding carboxylic acids is 2.